The predicted molar refractivity (Wildman–Crippen MR) is 103 cm³/mol. The van der Waals surface area contributed by atoms with Gasteiger partial charge in [0.1, 0.15) is 5.75 Å². The molecule has 0 aliphatic carbocycles. The van der Waals surface area contributed by atoms with E-state index in [1.54, 1.807) is 23.9 Å². The molecule has 0 saturated heterocycles. The number of benzene rings is 3. The first-order chi connectivity index (χ1) is 13.3. The lowest BCUT2D eigenvalue weighted by atomic mass is 9.91. The number of nitrogens with two attached hydrogens (primary N) is 1. The number of ether oxygens (including phenoxy) is 1. The highest BCUT2D eigenvalue weighted by Gasteiger charge is 2.31. The topological polar surface area (TPSA) is 53.1 Å². The van der Waals surface area contributed by atoms with Gasteiger partial charge in [-0.25, -0.2) is 0 Å². The van der Waals surface area contributed by atoms with Crippen LogP contribution in [0, 0.1) is 0 Å². The molecule has 142 valence electrons. The third-order valence-electron chi connectivity index (χ3n) is 4.51. The van der Waals surface area contributed by atoms with Crippen LogP contribution in [-0.2, 0) is 7.05 Å². The number of aryl methyl sites for hydroxylation is 1. The van der Waals surface area contributed by atoms with Gasteiger partial charge in [0, 0.05) is 12.6 Å². The Morgan fingerprint density at radius 2 is 1.57 bits per heavy atom. The second-order valence-electron chi connectivity index (χ2n) is 6.33. The highest BCUT2D eigenvalue weighted by molar-refractivity contribution is 6.08. The molecule has 4 aromatic rings. The maximum absolute atomic E-state index is 12.5. The summed E-state index contributed by atoms with van der Waals surface area (Å²) in [6, 6.07) is 19.4. The average molecular weight is 383 g/mol. The van der Waals surface area contributed by atoms with E-state index in [1.807, 2.05) is 42.5 Å². The van der Waals surface area contributed by atoms with Crippen molar-refractivity contribution < 1.29 is 17.9 Å². The molecule has 0 unspecified atom stereocenters. The Morgan fingerprint density at radius 1 is 0.893 bits per heavy atom. The molecule has 0 aliphatic heterocycles. The molecule has 4 nitrogen and oxygen atoms in total. The van der Waals surface area contributed by atoms with Gasteiger partial charge in [-0.1, -0.05) is 48.5 Å². The summed E-state index contributed by atoms with van der Waals surface area (Å²) in [6.45, 7) is 0. The Kier molecular flexibility index (Phi) is 4.22. The summed E-state index contributed by atoms with van der Waals surface area (Å²) in [5.41, 5.74) is 10.4. The molecular formula is C21H16F3N3O. The van der Waals surface area contributed by atoms with Crippen molar-refractivity contribution in [1.82, 2.24) is 9.78 Å². The van der Waals surface area contributed by atoms with Gasteiger partial charge in [-0.3, -0.25) is 4.68 Å². The zero-order chi connectivity index (χ0) is 19.9. The summed E-state index contributed by atoms with van der Waals surface area (Å²) < 4.78 is 43.1. The van der Waals surface area contributed by atoms with Crippen LogP contribution in [0.15, 0.2) is 66.7 Å². The van der Waals surface area contributed by atoms with Gasteiger partial charge in [0.15, 0.2) is 5.82 Å². The number of hydrogen-bond acceptors (Lipinski definition) is 3. The van der Waals surface area contributed by atoms with Gasteiger partial charge in [-0.05, 0) is 34.9 Å². The zero-order valence-corrected chi connectivity index (χ0v) is 14.9. The maximum atomic E-state index is 12.5. The van der Waals surface area contributed by atoms with Crippen LogP contribution in [0.2, 0.25) is 0 Å². The summed E-state index contributed by atoms with van der Waals surface area (Å²) in [4.78, 5) is 0. The van der Waals surface area contributed by atoms with Crippen LogP contribution < -0.4 is 10.5 Å². The SMILES string of the molecule is Cn1nc(N)c2c(-c3ccc(OC(F)(F)F)cc3)c(-c3ccccc3)ccc21. The van der Waals surface area contributed by atoms with Gasteiger partial charge in [-0.15, -0.1) is 13.2 Å². The van der Waals surface area contributed by atoms with E-state index < -0.39 is 6.36 Å². The van der Waals surface area contributed by atoms with E-state index in [9.17, 15) is 13.2 Å². The van der Waals surface area contributed by atoms with Gasteiger partial charge in [0.05, 0.1) is 10.9 Å². The molecule has 0 aliphatic rings. The predicted octanol–water partition coefficient (Wildman–Crippen LogP) is 5.39. The molecule has 1 heterocycles. The van der Waals surface area contributed by atoms with E-state index in [0.717, 1.165) is 33.2 Å². The standard InChI is InChI=1S/C21H16F3N3O/c1-27-17-12-11-16(13-5-3-2-4-6-13)18(19(17)20(25)26-27)14-7-9-15(10-8-14)28-21(22,23)24/h2-12H,1H3,(H2,25,26). The molecule has 1 aromatic heterocycles. The number of nitrogens with zero attached hydrogens (tertiary/aromatic N) is 2. The molecule has 0 saturated carbocycles. The smallest absolute Gasteiger partial charge is 0.406 e. The molecule has 3 aromatic carbocycles. The Hall–Kier alpha value is -3.48. The average Bonchev–Trinajstić information content (AvgIpc) is 2.95. The third-order valence-corrected chi connectivity index (χ3v) is 4.51. The van der Waals surface area contributed by atoms with Crippen LogP contribution >= 0.6 is 0 Å². The minimum absolute atomic E-state index is 0.274. The molecule has 0 spiro atoms. The lowest BCUT2D eigenvalue weighted by molar-refractivity contribution is -0.274. The van der Waals surface area contributed by atoms with Crippen molar-refractivity contribution in [3.63, 3.8) is 0 Å². The van der Waals surface area contributed by atoms with Crippen molar-refractivity contribution in [3.8, 4) is 28.0 Å². The summed E-state index contributed by atoms with van der Waals surface area (Å²) in [7, 11) is 1.80. The maximum Gasteiger partial charge on any atom is 0.573 e. The first-order valence-corrected chi connectivity index (χ1v) is 8.50. The third kappa shape index (κ3) is 3.26. The second kappa shape index (κ2) is 6.60. The van der Waals surface area contributed by atoms with Gasteiger partial charge in [0.25, 0.3) is 0 Å². The first kappa shape index (κ1) is 17.9. The van der Waals surface area contributed by atoms with Gasteiger partial charge in [0.2, 0.25) is 0 Å². The molecule has 2 N–H and O–H groups in total. The normalized spacial score (nSPS) is 11.7. The van der Waals surface area contributed by atoms with Gasteiger partial charge in [-0.2, -0.15) is 5.10 Å². The molecule has 0 fully saturated rings. The molecule has 7 heteroatoms. The number of hydrogen-bond donors (Lipinski definition) is 1. The molecule has 0 radical (unpaired) electrons. The molecule has 28 heavy (non-hydrogen) atoms. The van der Waals surface area contributed by atoms with Crippen molar-refractivity contribution in [3.05, 3.63) is 66.7 Å². The van der Waals surface area contributed by atoms with Crippen LogP contribution in [0.3, 0.4) is 0 Å². The quantitative estimate of drug-likeness (QED) is 0.516. The molecule has 0 atom stereocenters. The number of anilines is 1. The van der Waals surface area contributed by atoms with Crippen molar-refractivity contribution in [1.29, 1.82) is 0 Å². The van der Waals surface area contributed by atoms with Crippen LogP contribution in [0.4, 0.5) is 19.0 Å². The minimum atomic E-state index is -4.73. The van der Waals surface area contributed by atoms with E-state index in [-0.39, 0.29) is 5.75 Å². The Labute approximate surface area is 159 Å². The monoisotopic (exact) mass is 383 g/mol. The summed E-state index contributed by atoms with van der Waals surface area (Å²) >= 11 is 0. The van der Waals surface area contributed by atoms with Gasteiger partial charge >= 0.3 is 6.36 Å². The lowest BCUT2D eigenvalue weighted by Crippen LogP contribution is -2.16. The van der Waals surface area contributed by atoms with Crippen LogP contribution in [0.5, 0.6) is 5.75 Å². The Balaban J connectivity index is 1.94. The largest absolute Gasteiger partial charge is 0.573 e. The fourth-order valence-electron chi connectivity index (χ4n) is 3.37. The zero-order valence-electron chi connectivity index (χ0n) is 14.9. The summed E-state index contributed by atoms with van der Waals surface area (Å²) in [6.07, 6.45) is -4.73. The number of alkyl halides is 3. The van der Waals surface area contributed by atoms with E-state index in [1.165, 1.54) is 12.1 Å². The highest BCUT2D eigenvalue weighted by atomic mass is 19.4. The first-order valence-electron chi connectivity index (χ1n) is 8.50. The number of aromatic nitrogens is 2. The van der Waals surface area contributed by atoms with Crippen LogP contribution in [0.25, 0.3) is 33.2 Å². The number of halogens is 3. The van der Waals surface area contributed by atoms with E-state index in [4.69, 9.17) is 5.73 Å². The van der Waals surface area contributed by atoms with Crippen molar-refractivity contribution in [2.45, 2.75) is 6.36 Å². The molecule has 4 rings (SSSR count). The summed E-state index contributed by atoms with van der Waals surface area (Å²) in [5, 5.41) is 5.06. The minimum Gasteiger partial charge on any atom is -0.406 e. The number of fused-ring (bicyclic) bond motifs is 1. The fraction of sp³-hybridized carbons (Fsp3) is 0.0952. The fourth-order valence-corrected chi connectivity index (χ4v) is 3.37. The van der Waals surface area contributed by atoms with Crippen molar-refractivity contribution >= 4 is 16.7 Å². The highest BCUT2D eigenvalue weighted by Crippen LogP contribution is 2.41. The molecule has 0 amide bonds. The van der Waals surface area contributed by atoms with Crippen molar-refractivity contribution in [2.75, 3.05) is 5.73 Å². The van der Waals surface area contributed by atoms with E-state index >= 15 is 0 Å². The van der Waals surface area contributed by atoms with E-state index in [0.29, 0.717) is 5.82 Å². The molecule has 0 bridgehead atoms. The van der Waals surface area contributed by atoms with E-state index in [2.05, 4.69) is 9.84 Å². The Bertz CT molecular complexity index is 1130. The van der Waals surface area contributed by atoms with Gasteiger partial charge < -0.3 is 10.5 Å². The Morgan fingerprint density at radius 3 is 2.21 bits per heavy atom. The second-order valence-corrected chi connectivity index (χ2v) is 6.33. The van der Waals surface area contributed by atoms with Crippen molar-refractivity contribution in [2.24, 2.45) is 7.05 Å². The van der Waals surface area contributed by atoms with Crippen LogP contribution in [-0.4, -0.2) is 16.1 Å². The summed E-state index contributed by atoms with van der Waals surface area (Å²) in [5.74, 6) is 0.0877. The number of rotatable bonds is 3. The number of nitrogen functional groups attached to an aromatic ring is 1. The lowest BCUT2D eigenvalue weighted by Gasteiger charge is -2.14. The van der Waals surface area contributed by atoms with Crippen LogP contribution in [0.1, 0.15) is 0 Å². The molecular weight excluding hydrogens is 367 g/mol.